The van der Waals surface area contributed by atoms with Gasteiger partial charge in [-0.25, -0.2) is 8.78 Å². The number of nitrogens with zero attached hydrogens (tertiary/aromatic N) is 1. The quantitative estimate of drug-likeness (QED) is 0.850. The van der Waals surface area contributed by atoms with Gasteiger partial charge in [-0.2, -0.15) is 0 Å². The van der Waals surface area contributed by atoms with Gasteiger partial charge in [-0.15, -0.1) is 0 Å². The molecular formula is C14H17BrF2N2O. The van der Waals surface area contributed by atoms with Crippen LogP contribution in [0.3, 0.4) is 0 Å². The van der Waals surface area contributed by atoms with Crippen LogP contribution in [0.4, 0.5) is 8.78 Å². The molecule has 1 N–H and O–H groups in total. The van der Waals surface area contributed by atoms with Crippen molar-refractivity contribution in [2.45, 2.75) is 25.8 Å². The molecule has 0 radical (unpaired) electrons. The van der Waals surface area contributed by atoms with Crippen LogP contribution in [0.5, 0.6) is 0 Å². The zero-order valence-electron chi connectivity index (χ0n) is 11.1. The SMILES string of the molecule is O=C(CNCc1c(F)ccc(Br)c1F)N1CCCCC1. The third-order valence-electron chi connectivity index (χ3n) is 3.43. The van der Waals surface area contributed by atoms with Crippen molar-refractivity contribution >= 4 is 21.8 Å². The van der Waals surface area contributed by atoms with E-state index in [4.69, 9.17) is 0 Å². The van der Waals surface area contributed by atoms with Crippen molar-refractivity contribution in [2.75, 3.05) is 19.6 Å². The van der Waals surface area contributed by atoms with Gasteiger partial charge in [0.05, 0.1) is 11.0 Å². The Balaban J connectivity index is 1.86. The maximum Gasteiger partial charge on any atom is 0.236 e. The van der Waals surface area contributed by atoms with Crippen molar-refractivity contribution in [1.82, 2.24) is 10.2 Å². The van der Waals surface area contributed by atoms with E-state index in [-0.39, 0.29) is 29.0 Å². The summed E-state index contributed by atoms with van der Waals surface area (Å²) in [5.41, 5.74) is -0.0502. The predicted molar refractivity (Wildman–Crippen MR) is 76.2 cm³/mol. The number of amides is 1. The molecule has 1 aliphatic rings. The topological polar surface area (TPSA) is 32.3 Å². The summed E-state index contributed by atoms with van der Waals surface area (Å²) in [6, 6.07) is 2.53. The van der Waals surface area contributed by atoms with Gasteiger partial charge in [0.15, 0.2) is 0 Å². The molecule has 1 saturated heterocycles. The summed E-state index contributed by atoms with van der Waals surface area (Å²) in [7, 11) is 0. The van der Waals surface area contributed by atoms with Crippen molar-refractivity contribution in [3.63, 3.8) is 0 Å². The zero-order chi connectivity index (χ0) is 14.5. The summed E-state index contributed by atoms with van der Waals surface area (Å²) in [5, 5.41) is 2.82. The summed E-state index contributed by atoms with van der Waals surface area (Å²) in [6.07, 6.45) is 3.22. The first-order chi connectivity index (χ1) is 9.59. The lowest BCUT2D eigenvalue weighted by atomic mass is 10.1. The molecule has 1 fully saturated rings. The number of benzene rings is 1. The van der Waals surface area contributed by atoms with E-state index in [1.54, 1.807) is 4.90 Å². The molecule has 3 nitrogen and oxygen atoms in total. The Kier molecular flexibility index (Phi) is 5.48. The number of carbonyl (C=O) groups is 1. The van der Waals surface area contributed by atoms with E-state index in [1.165, 1.54) is 12.1 Å². The summed E-state index contributed by atoms with van der Waals surface area (Å²) >= 11 is 3.02. The van der Waals surface area contributed by atoms with Crippen LogP contribution < -0.4 is 5.32 Å². The van der Waals surface area contributed by atoms with Crippen LogP contribution in [0.15, 0.2) is 16.6 Å². The smallest absolute Gasteiger partial charge is 0.236 e. The molecule has 1 heterocycles. The molecule has 1 aromatic rings. The number of rotatable bonds is 4. The fraction of sp³-hybridized carbons (Fsp3) is 0.500. The lowest BCUT2D eigenvalue weighted by Gasteiger charge is -2.26. The van der Waals surface area contributed by atoms with Crippen LogP contribution in [0.2, 0.25) is 0 Å². The average molecular weight is 347 g/mol. The number of hydrogen-bond acceptors (Lipinski definition) is 2. The summed E-state index contributed by atoms with van der Waals surface area (Å²) in [6.45, 7) is 1.66. The van der Waals surface area contributed by atoms with Crippen molar-refractivity contribution in [2.24, 2.45) is 0 Å². The van der Waals surface area contributed by atoms with Crippen molar-refractivity contribution in [1.29, 1.82) is 0 Å². The molecule has 2 rings (SSSR count). The molecule has 1 amide bonds. The molecule has 0 saturated carbocycles. The maximum atomic E-state index is 13.7. The second-order valence-electron chi connectivity index (χ2n) is 4.87. The Morgan fingerprint density at radius 1 is 1.25 bits per heavy atom. The van der Waals surface area contributed by atoms with Gasteiger partial charge in [0.1, 0.15) is 11.6 Å². The monoisotopic (exact) mass is 346 g/mol. The fourth-order valence-corrected chi connectivity index (χ4v) is 2.65. The second-order valence-corrected chi connectivity index (χ2v) is 5.72. The largest absolute Gasteiger partial charge is 0.342 e. The first-order valence-corrected chi connectivity index (χ1v) is 7.50. The molecule has 0 bridgehead atoms. The highest BCUT2D eigenvalue weighted by atomic mass is 79.9. The van der Waals surface area contributed by atoms with Gasteiger partial charge in [-0.3, -0.25) is 4.79 Å². The molecule has 0 aliphatic carbocycles. The van der Waals surface area contributed by atoms with E-state index >= 15 is 0 Å². The first kappa shape index (κ1) is 15.4. The van der Waals surface area contributed by atoms with Crippen LogP contribution in [-0.4, -0.2) is 30.4 Å². The zero-order valence-corrected chi connectivity index (χ0v) is 12.7. The number of carbonyl (C=O) groups excluding carboxylic acids is 1. The molecular weight excluding hydrogens is 330 g/mol. The fourth-order valence-electron chi connectivity index (χ4n) is 2.28. The third kappa shape index (κ3) is 3.76. The molecule has 6 heteroatoms. The molecule has 0 unspecified atom stereocenters. The van der Waals surface area contributed by atoms with E-state index in [0.717, 1.165) is 32.4 Å². The highest BCUT2D eigenvalue weighted by Gasteiger charge is 2.17. The minimum absolute atomic E-state index is 0.00329. The van der Waals surface area contributed by atoms with Crippen LogP contribution in [0.1, 0.15) is 24.8 Å². The van der Waals surface area contributed by atoms with Gasteiger partial charge in [-0.1, -0.05) is 0 Å². The maximum absolute atomic E-state index is 13.7. The molecule has 110 valence electrons. The first-order valence-electron chi connectivity index (χ1n) is 6.70. The minimum Gasteiger partial charge on any atom is -0.342 e. The van der Waals surface area contributed by atoms with Gasteiger partial charge < -0.3 is 10.2 Å². The Labute approximate surface area is 125 Å². The molecule has 0 atom stereocenters. The van der Waals surface area contributed by atoms with E-state index in [0.29, 0.717) is 0 Å². The molecule has 0 aromatic heterocycles. The lowest BCUT2D eigenvalue weighted by Crippen LogP contribution is -2.41. The molecule has 1 aliphatic heterocycles. The lowest BCUT2D eigenvalue weighted by molar-refractivity contribution is -0.131. The van der Waals surface area contributed by atoms with E-state index < -0.39 is 11.6 Å². The number of halogens is 3. The van der Waals surface area contributed by atoms with Crippen LogP contribution in [-0.2, 0) is 11.3 Å². The van der Waals surface area contributed by atoms with Crippen molar-refractivity contribution in [3.05, 3.63) is 33.8 Å². The number of likely N-dealkylation sites (tertiary alicyclic amines) is 1. The minimum atomic E-state index is -0.622. The molecule has 0 spiro atoms. The summed E-state index contributed by atoms with van der Waals surface area (Å²) in [5.74, 6) is -1.24. The van der Waals surface area contributed by atoms with E-state index in [9.17, 15) is 13.6 Å². The highest BCUT2D eigenvalue weighted by molar-refractivity contribution is 9.10. The van der Waals surface area contributed by atoms with Gasteiger partial charge in [0.2, 0.25) is 5.91 Å². The van der Waals surface area contributed by atoms with Crippen LogP contribution in [0, 0.1) is 11.6 Å². The normalized spacial score (nSPS) is 15.4. The van der Waals surface area contributed by atoms with Gasteiger partial charge in [-0.05, 0) is 47.3 Å². The molecule has 1 aromatic carbocycles. The standard InChI is InChI=1S/C14H17BrF2N2O/c15-11-4-5-12(16)10(14(11)17)8-18-9-13(20)19-6-2-1-3-7-19/h4-5,18H,1-3,6-9H2. The van der Waals surface area contributed by atoms with Gasteiger partial charge in [0.25, 0.3) is 0 Å². The predicted octanol–water partition coefficient (Wildman–Crippen LogP) is 2.83. The number of piperidine rings is 1. The highest BCUT2D eigenvalue weighted by Crippen LogP contribution is 2.21. The number of nitrogens with one attached hydrogen (secondary N) is 1. The Morgan fingerprint density at radius 2 is 1.95 bits per heavy atom. The Hall–Kier alpha value is -1.01. The molecule has 20 heavy (non-hydrogen) atoms. The van der Waals surface area contributed by atoms with Gasteiger partial charge in [0, 0.05) is 25.2 Å². The van der Waals surface area contributed by atoms with Crippen molar-refractivity contribution in [3.8, 4) is 0 Å². The van der Waals surface area contributed by atoms with E-state index in [2.05, 4.69) is 21.2 Å². The summed E-state index contributed by atoms with van der Waals surface area (Å²) in [4.78, 5) is 13.7. The van der Waals surface area contributed by atoms with Crippen LogP contribution in [0.25, 0.3) is 0 Å². The Bertz CT molecular complexity index is 490. The second kappa shape index (κ2) is 7.13. The van der Waals surface area contributed by atoms with Gasteiger partial charge >= 0.3 is 0 Å². The Morgan fingerprint density at radius 3 is 2.65 bits per heavy atom. The third-order valence-corrected chi connectivity index (χ3v) is 4.04. The average Bonchev–Trinajstić information content (AvgIpc) is 2.47. The van der Waals surface area contributed by atoms with Crippen LogP contribution >= 0.6 is 15.9 Å². The number of hydrogen-bond donors (Lipinski definition) is 1. The van der Waals surface area contributed by atoms with E-state index in [1.807, 2.05) is 0 Å². The summed E-state index contributed by atoms with van der Waals surface area (Å²) < 4.78 is 27.5. The van der Waals surface area contributed by atoms with Crippen molar-refractivity contribution < 1.29 is 13.6 Å².